The van der Waals surface area contributed by atoms with E-state index in [0.29, 0.717) is 18.1 Å². The summed E-state index contributed by atoms with van der Waals surface area (Å²) in [7, 11) is 1.85. The summed E-state index contributed by atoms with van der Waals surface area (Å²) < 4.78 is 12.8. The van der Waals surface area contributed by atoms with E-state index in [2.05, 4.69) is 15.6 Å². The van der Waals surface area contributed by atoms with Crippen molar-refractivity contribution in [1.29, 1.82) is 0 Å². The van der Waals surface area contributed by atoms with Gasteiger partial charge in [-0.2, -0.15) is 5.10 Å². The van der Waals surface area contributed by atoms with E-state index >= 15 is 0 Å². The summed E-state index contributed by atoms with van der Waals surface area (Å²) in [6.45, 7) is 0.983. The van der Waals surface area contributed by atoms with Crippen LogP contribution in [0.1, 0.15) is 28.1 Å². The third-order valence-electron chi connectivity index (χ3n) is 4.17. The second kappa shape index (κ2) is 6.43. The Hall–Kier alpha value is -3.09. The number of nitrogens with zero attached hydrogens (tertiary/aromatic N) is 3. The first-order valence-electron chi connectivity index (χ1n) is 8.17. The molecule has 1 amide bonds. The van der Waals surface area contributed by atoms with Gasteiger partial charge in [0.15, 0.2) is 5.76 Å². The van der Waals surface area contributed by atoms with Gasteiger partial charge in [0.1, 0.15) is 18.1 Å². The maximum absolute atomic E-state index is 12.0. The van der Waals surface area contributed by atoms with Gasteiger partial charge in [-0.1, -0.05) is 5.16 Å². The monoisotopic (exact) mass is 338 g/mol. The number of ether oxygens (including phenoxy) is 1. The van der Waals surface area contributed by atoms with Gasteiger partial charge in [0.2, 0.25) is 0 Å². The fourth-order valence-electron chi connectivity index (χ4n) is 2.89. The second-order valence-corrected chi connectivity index (χ2v) is 6.05. The van der Waals surface area contributed by atoms with Gasteiger partial charge in [0, 0.05) is 37.0 Å². The van der Waals surface area contributed by atoms with Crippen LogP contribution in [0.2, 0.25) is 0 Å². The molecule has 0 saturated heterocycles. The van der Waals surface area contributed by atoms with Gasteiger partial charge in [0.25, 0.3) is 5.91 Å². The van der Waals surface area contributed by atoms with Crippen molar-refractivity contribution in [3.8, 4) is 17.0 Å². The van der Waals surface area contributed by atoms with Crippen molar-refractivity contribution < 1.29 is 14.1 Å². The van der Waals surface area contributed by atoms with Crippen molar-refractivity contribution in [2.75, 3.05) is 6.54 Å². The molecule has 128 valence electrons. The molecule has 1 aliphatic heterocycles. The smallest absolute Gasteiger partial charge is 0.251 e. The van der Waals surface area contributed by atoms with Crippen LogP contribution >= 0.6 is 0 Å². The highest BCUT2D eigenvalue weighted by Crippen LogP contribution is 2.23. The number of amides is 1. The Morgan fingerprint density at radius 3 is 3.12 bits per heavy atom. The number of carbonyl (C=O) groups is 1. The second-order valence-electron chi connectivity index (χ2n) is 6.05. The lowest BCUT2D eigenvalue weighted by Gasteiger charge is -2.08. The number of fused-ring (bicyclic) bond motifs is 1. The highest BCUT2D eigenvalue weighted by atomic mass is 16.5. The van der Waals surface area contributed by atoms with Crippen LogP contribution in [0.5, 0.6) is 5.75 Å². The van der Waals surface area contributed by atoms with Crippen molar-refractivity contribution in [2.45, 2.75) is 19.4 Å². The number of nitrogens with one attached hydrogen (secondary N) is 1. The van der Waals surface area contributed by atoms with Crippen LogP contribution in [-0.4, -0.2) is 27.4 Å². The first-order valence-corrected chi connectivity index (χ1v) is 8.17. The Labute approximate surface area is 144 Å². The van der Waals surface area contributed by atoms with Crippen molar-refractivity contribution in [3.05, 3.63) is 53.5 Å². The van der Waals surface area contributed by atoms with Crippen LogP contribution in [-0.2, 0) is 20.1 Å². The Morgan fingerprint density at radius 2 is 2.28 bits per heavy atom. The molecule has 1 aromatic carbocycles. The van der Waals surface area contributed by atoms with E-state index < -0.39 is 0 Å². The summed E-state index contributed by atoms with van der Waals surface area (Å²) in [6.07, 6.45) is 5.40. The molecule has 0 unspecified atom stereocenters. The minimum atomic E-state index is -0.0182. The zero-order valence-electron chi connectivity index (χ0n) is 13.9. The number of benzene rings is 1. The molecule has 3 aromatic rings. The summed E-state index contributed by atoms with van der Waals surface area (Å²) in [6, 6.07) is 7.39. The molecular weight excluding hydrogens is 320 g/mol. The minimum Gasteiger partial charge on any atom is -0.486 e. The molecule has 25 heavy (non-hydrogen) atoms. The molecular formula is C18H18N4O3. The number of hydrogen-bond acceptors (Lipinski definition) is 5. The third kappa shape index (κ3) is 3.26. The van der Waals surface area contributed by atoms with E-state index in [1.54, 1.807) is 10.9 Å². The van der Waals surface area contributed by atoms with Gasteiger partial charge in [-0.25, -0.2) is 0 Å². The van der Waals surface area contributed by atoms with Gasteiger partial charge >= 0.3 is 0 Å². The summed E-state index contributed by atoms with van der Waals surface area (Å²) in [5, 5.41) is 11.1. The minimum absolute atomic E-state index is 0.0182. The molecule has 0 atom stereocenters. The standard InChI is InChI=1S/C18H18N4O3/c1-22-10-13(9-20-22)17-8-15(25-21-17)11-24-14-4-5-16-12(7-14)3-2-6-19-18(16)23/h4-5,7-10H,2-3,6,11H2,1H3,(H,19,23). The van der Waals surface area contributed by atoms with E-state index in [1.807, 2.05) is 37.5 Å². The molecule has 7 heteroatoms. The molecule has 1 N–H and O–H groups in total. The molecule has 0 bridgehead atoms. The highest BCUT2D eigenvalue weighted by Gasteiger charge is 2.16. The predicted octanol–water partition coefficient (Wildman–Crippen LogP) is 2.33. The topological polar surface area (TPSA) is 82.2 Å². The first kappa shape index (κ1) is 15.4. The van der Waals surface area contributed by atoms with Crippen LogP contribution in [0, 0.1) is 0 Å². The molecule has 7 nitrogen and oxygen atoms in total. The first-order chi connectivity index (χ1) is 12.2. The van der Waals surface area contributed by atoms with E-state index in [-0.39, 0.29) is 12.5 Å². The average molecular weight is 338 g/mol. The van der Waals surface area contributed by atoms with Crippen LogP contribution in [0.25, 0.3) is 11.3 Å². The Morgan fingerprint density at radius 1 is 1.36 bits per heavy atom. The molecule has 0 saturated carbocycles. The normalized spacial score (nSPS) is 13.9. The maximum atomic E-state index is 12.0. The maximum Gasteiger partial charge on any atom is 0.251 e. The molecule has 0 spiro atoms. The molecule has 2 aromatic heterocycles. The molecule has 4 rings (SSSR count). The molecule has 0 radical (unpaired) electrons. The Balaban J connectivity index is 1.46. The molecule has 0 fully saturated rings. The zero-order valence-corrected chi connectivity index (χ0v) is 13.9. The zero-order chi connectivity index (χ0) is 17.2. The van der Waals surface area contributed by atoms with Gasteiger partial charge in [0.05, 0.1) is 6.20 Å². The number of rotatable bonds is 4. The Bertz CT molecular complexity index is 913. The summed E-state index contributed by atoms with van der Waals surface area (Å²) >= 11 is 0. The average Bonchev–Trinajstić information content (AvgIpc) is 3.21. The Kier molecular flexibility index (Phi) is 3.97. The van der Waals surface area contributed by atoms with Crippen molar-refractivity contribution >= 4 is 5.91 Å². The summed E-state index contributed by atoms with van der Waals surface area (Å²) in [4.78, 5) is 12.0. The van der Waals surface area contributed by atoms with Gasteiger partial charge in [-0.05, 0) is 36.6 Å². The van der Waals surface area contributed by atoms with Crippen molar-refractivity contribution in [3.63, 3.8) is 0 Å². The lowest BCUT2D eigenvalue weighted by molar-refractivity contribution is 0.0956. The van der Waals surface area contributed by atoms with E-state index in [9.17, 15) is 4.79 Å². The van der Waals surface area contributed by atoms with Gasteiger partial charge in [-0.3, -0.25) is 9.48 Å². The van der Waals surface area contributed by atoms with Crippen molar-refractivity contribution in [2.24, 2.45) is 7.05 Å². The lowest BCUT2D eigenvalue weighted by Crippen LogP contribution is -2.22. The van der Waals surface area contributed by atoms with Crippen LogP contribution < -0.4 is 10.1 Å². The van der Waals surface area contributed by atoms with Gasteiger partial charge < -0.3 is 14.6 Å². The molecule has 3 heterocycles. The highest BCUT2D eigenvalue weighted by molar-refractivity contribution is 5.96. The van der Waals surface area contributed by atoms with Crippen LogP contribution in [0.3, 0.4) is 0 Å². The summed E-state index contributed by atoms with van der Waals surface area (Å²) in [5.41, 5.74) is 3.36. The SMILES string of the molecule is Cn1cc(-c2cc(COc3ccc4c(c3)CCCNC4=O)on2)cn1. The number of hydrogen-bond donors (Lipinski definition) is 1. The van der Waals surface area contributed by atoms with Crippen LogP contribution in [0.15, 0.2) is 41.2 Å². The summed E-state index contributed by atoms with van der Waals surface area (Å²) in [5.74, 6) is 1.33. The fourth-order valence-corrected chi connectivity index (χ4v) is 2.89. The number of aryl methyl sites for hydroxylation is 2. The van der Waals surface area contributed by atoms with E-state index in [4.69, 9.17) is 9.26 Å². The molecule has 1 aliphatic rings. The number of aromatic nitrogens is 3. The van der Waals surface area contributed by atoms with E-state index in [0.717, 1.165) is 35.2 Å². The number of carbonyl (C=O) groups excluding carboxylic acids is 1. The molecule has 0 aliphatic carbocycles. The van der Waals surface area contributed by atoms with Crippen LogP contribution in [0.4, 0.5) is 0 Å². The lowest BCUT2D eigenvalue weighted by atomic mass is 10.0. The largest absolute Gasteiger partial charge is 0.486 e. The van der Waals surface area contributed by atoms with Gasteiger partial charge in [-0.15, -0.1) is 0 Å². The quantitative estimate of drug-likeness (QED) is 0.789. The van der Waals surface area contributed by atoms with Crippen molar-refractivity contribution in [1.82, 2.24) is 20.3 Å². The predicted molar refractivity (Wildman–Crippen MR) is 90.1 cm³/mol. The fraction of sp³-hybridized carbons (Fsp3) is 0.278. The van der Waals surface area contributed by atoms with E-state index in [1.165, 1.54) is 0 Å². The third-order valence-corrected chi connectivity index (χ3v) is 4.17.